The molecule has 0 radical (unpaired) electrons. The third-order valence-electron chi connectivity index (χ3n) is 4.08. The second-order valence-corrected chi connectivity index (χ2v) is 8.28. The molecule has 130 valence electrons. The molecular weight excluding hydrogens is 389 g/mol. The van der Waals surface area contributed by atoms with E-state index in [0.717, 1.165) is 12.0 Å². The van der Waals surface area contributed by atoms with Crippen molar-refractivity contribution in [2.45, 2.75) is 32.2 Å². The maximum absolute atomic E-state index is 11.7. The number of hydrogen-bond donors (Lipinski definition) is 0. The van der Waals surface area contributed by atoms with Crippen LogP contribution in [0.1, 0.15) is 47.9 Å². The molecule has 0 saturated carbocycles. The third-order valence-corrected chi connectivity index (χ3v) is 4.08. The van der Waals surface area contributed by atoms with Crippen molar-refractivity contribution in [3.8, 4) is 0 Å². The van der Waals surface area contributed by atoms with Crippen LogP contribution in [0.5, 0.6) is 0 Å². The van der Waals surface area contributed by atoms with E-state index >= 15 is 0 Å². The molecule has 1 atom stereocenters. The molecule has 0 N–H and O–H groups in total. The predicted molar refractivity (Wildman–Crippen MR) is 102 cm³/mol. The van der Waals surface area contributed by atoms with Crippen LogP contribution in [0.4, 0.5) is 0 Å². The Balaban J connectivity index is 0.000000701. The zero-order chi connectivity index (χ0) is 18.1. The van der Waals surface area contributed by atoms with E-state index in [4.69, 9.17) is 18.6 Å². The maximum atomic E-state index is 11.7. The fraction of sp³-hybridized carbons (Fsp3) is 0.250. The molecule has 5 heteroatoms. The van der Waals surface area contributed by atoms with Gasteiger partial charge < -0.3 is 10.1 Å². The first-order chi connectivity index (χ1) is 12.2. The summed E-state index contributed by atoms with van der Waals surface area (Å²) >= 11 is -0.556. The molecule has 0 aliphatic heterocycles. The molecule has 1 amide bonds. The van der Waals surface area contributed by atoms with E-state index in [-0.39, 0.29) is 11.8 Å². The number of allylic oxidation sites excluding steroid dienone is 1. The predicted octanol–water partition coefficient (Wildman–Crippen LogP) is 6.42. The Bertz CT molecular complexity index is 733. The average molecular weight is 409 g/mol. The molecule has 1 unspecified atom stereocenters. The van der Waals surface area contributed by atoms with E-state index in [0.29, 0.717) is 13.0 Å². The summed E-state index contributed by atoms with van der Waals surface area (Å²) in [4.78, 5) is 11.7. The van der Waals surface area contributed by atoms with Gasteiger partial charge in [0.1, 0.15) is 0 Å². The van der Waals surface area contributed by atoms with E-state index in [2.05, 4.69) is 59.9 Å². The number of halogens is 2. The van der Waals surface area contributed by atoms with Gasteiger partial charge in [0.25, 0.3) is 0 Å². The van der Waals surface area contributed by atoms with Crippen molar-refractivity contribution in [2.24, 2.45) is 0 Å². The third kappa shape index (κ3) is 5.72. The fourth-order valence-electron chi connectivity index (χ4n) is 2.97. The topological polar surface area (TPSA) is 31.2 Å². The van der Waals surface area contributed by atoms with Gasteiger partial charge in [-0.05, 0) is 23.1 Å². The molecule has 1 aliphatic carbocycles. The summed E-state index contributed by atoms with van der Waals surface area (Å²) in [6, 6.07) is 16.8. The van der Waals surface area contributed by atoms with Gasteiger partial charge in [-0.1, -0.05) is 79.6 Å². The number of carbonyl (C=O) groups excluding carboxylic acids is 1. The van der Waals surface area contributed by atoms with Crippen LogP contribution in [0.2, 0.25) is 0 Å². The summed E-state index contributed by atoms with van der Waals surface area (Å²) < 4.78 is 0. The van der Waals surface area contributed by atoms with Gasteiger partial charge in [0.05, 0.1) is 5.91 Å². The van der Waals surface area contributed by atoms with Crippen molar-refractivity contribution in [3.63, 3.8) is 0 Å². The van der Waals surface area contributed by atoms with Crippen LogP contribution in [-0.4, -0.2) is 5.91 Å². The van der Waals surface area contributed by atoms with E-state index in [1.807, 2.05) is 13.0 Å². The van der Waals surface area contributed by atoms with Gasteiger partial charge in [0, 0.05) is 5.92 Å². The van der Waals surface area contributed by atoms with Crippen molar-refractivity contribution in [3.05, 3.63) is 82.2 Å². The molecule has 1 aliphatic rings. The summed E-state index contributed by atoms with van der Waals surface area (Å²) in [5, 5.41) is 4.21. The first-order valence-corrected chi connectivity index (χ1v) is 12.5. The Kier molecular flexibility index (Phi) is 8.77. The molecule has 0 saturated heterocycles. The van der Waals surface area contributed by atoms with Gasteiger partial charge in [-0.2, -0.15) is 0 Å². The van der Waals surface area contributed by atoms with E-state index in [1.54, 1.807) is 0 Å². The second kappa shape index (κ2) is 10.8. The Morgan fingerprint density at radius 2 is 1.72 bits per heavy atom. The molecule has 2 aromatic rings. The van der Waals surface area contributed by atoms with E-state index in [9.17, 15) is 4.79 Å². The van der Waals surface area contributed by atoms with Crippen LogP contribution in [0, 0.1) is 0 Å². The van der Waals surface area contributed by atoms with E-state index < -0.39 is 17.0 Å². The number of hydrogen-bond acceptors (Lipinski definition) is 1. The number of fused-ring (bicyclic) bond motifs is 1. The molecule has 0 heterocycles. The van der Waals surface area contributed by atoms with Crippen LogP contribution < -0.4 is 0 Å². The number of carbonyl (C=O) groups is 1. The van der Waals surface area contributed by atoms with Crippen LogP contribution in [0.15, 0.2) is 54.6 Å². The number of nitrogens with zero attached hydrogens (tertiary/aromatic N) is 1. The van der Waals surface area contributed by atoms with Crippen LogP contribution in [-0.2, 0) is 28.4 Å². The standard InChI is InChI=1S/C20H21NO.2ClH.Ti/c1-2-7-20(22)21-14-16-9-4-6-11-18(16)19-13-12-15-8-3-5-10-17(15)19;;;/h3-6,8-13,19H,2,7,14H2,1H3,(H,21,22);2*1H;/q;;;+2/p-3. The molecule has 25 heavy (non-hydrogen) atoms. The Labute approximate surface area is 166 Å². The number of amides is 1. The normalized spacial score (nSPS) is 14.3. The molecule has 0 fully saturated rings. The first kappa shape index (κ1) is 20.3. The van der Waals surface area contributed by atoms with Gasteiger partial charge in [0.15, 0.2) is 0 Å². The summed E-state index contributed by atoms with van der Waals surface area (Å²) in [5.41, 5.74) is 4.99. The minimum absolute atomic E-state index is 0.000308. The van der Waals surface area contributed by atoms with Crippen molar-refractivity contribution in [2.75, 3.05) is 0 Å². The molecular formula is C20H20Cl2NOTi-. The summed E-state index contributed by atoms with van der Waals surface area (Å²) in [5.74, 6) is 0.267. The molecule has 0 spiro atoms. The van der Waals surface area contributed by atoms with Crippen molar-refractivity contribution < 1.29 is 21.8 Å². The van der Waals surface area contributed by atoms with Crippen molar-refractivity contribution in [1.29, 1.82) is 0 Å². The van der Waals surface area contributed by atoms with Crippen molar-refractivity contribution in [1.82, 2.24) is 0 Å². The second-order valence-electron chi connectivity index (χ2n) is 5.70. The summed E-state index contributed by atoms with van der Waals surface area (Å²) in [6.07, 6.45) is 5.80. The molecule has 2 aromatic carbocycles. The number of benzene rings is 2. The Morgan fingerprint density at radius 1 is 1.08 bits per heavy atom. The summed E-state index contributed by atoms with van der Waals surface area (Å²) in [7, 11) is 9.78. The van der Waals surface area contributed by atoms with Gasteiger partial charge in [-0.3, -0.25) is 0 Å². The monoisotopic (exact) mass is 408 g/mol. The SMILES string of the molecule is CCCC(=O)[N-]Cc1ccccc1C1C=Cc2ccccc21.[Cl][Ti][Cl]. The van der Waals surface area contributed by atoms with Crippen LogP contribution in [0.25, 0.3) is 11.4 Å². The van der Waals surface area contributed by atoms with Crippen LogP contribution in [0.3, 0.4) is 0 Å². The quantitative estimate of drug-likeness (QED) is 0.525. The molecule has 2 nitrogen and oxygen atoms in total. The molecule has 0 aromatic heterocycles. The zero-order valence-corrected chi connectivity index (χ0v) is 17.2. The van der Waals surface area contributed by atoms with Crippen molar-refractivity contribution >= 4 is 30.6 Å². The molecule has 0 bridgehead atoms. The van der Waals surface area contributed by atoms with Gasteiger partial charge >= 0.3 is 35.6 Å². The molecule has 3 rings (SSSR count). The van der Waals surface area contributed by atoms with Crippen LogP contribution >= 0.6 is 18.6 Å². The Hall–Kier alpha value is -1.06. The van der Waals surface area contributed by atoms with Gasteiger partial charge in [-0.25, -0.2) is 0 Å². The zero-order valence-electron chi connectivity index (χ0n) is 14.1. The van der Waals surface area contributed by atoms with Gasteiger partial charge in [-0.15, -0.1) is 6.54 Å². The summed E-state index contributed by atoms with van der Waals surface area (Å²) in [6.45, 7) is 2.48. The first-order valence-electron chi connectivity index (χ1n) is 8.22. The Morgan fingerprint density at radius 3 is 2.44 bits per heavy atom. The fourth-order valence-corrected chi connectivity index (χ4v) is 2.97. The minimum atomic E-state index is -0.556. The van der Waals surface area contributed by atoms with E-state index in [1.165, 1.54) is 16.7 Å². The number of rotatable bonds is 5. The van der Waals surface area contributed by atoms with Gasteiger partial charge in [0.2, 0.25) is 0 Å². The average Bonchev–Trinajstić information content (AvgIpc) is 3.05.